The van der Waals surface area contributed by atoms with Crippen LogP contribution in [-0.2, 0) is 16.9 Å². The van der Waals surface area contributed by atoms with Crippen molar-refractivity contribution in [1.29, 1.82) is 0 Å². The molecular formula is C32H26N2O. The highest BCUT2D eigenvalue weighted by atomic mass is 16.5. The predicted octanol–water partition coefficient (Wildman–Crippen LogP) is 7.30. The van der Waals surface area contributed by atoms with Crippen molar-refractivity contribution in [2.75, 3.05) is 0 Å². The molecule has 0 atom stereocenters. The molecule has 3 heteroatoms. The maximum Gasteiger partial charge on any atom is 0.254 e. The van der Waals surface area contributed by atoms with Gasteiger partial charge in [-0.15, -0.1) is 0 Å². The van der Waals surface area contributed by atoms with Crippen LogP contribution in [0.25, 0.3) is 17.0 Å². The number of hydrogen-bond acceptors (Lipinski definition) is 2. The van der Waals surface area contributed by atoms with Gasteiger partial charge in [-0.2, -0.15) is 5.10 Å². The third-order valence-corrected chi connectivity index (χ3v) is 6.60. The number of nitrogens with zero attached hydrogens (tertiary/aromatic N) is 2. The van der Waals surface area contributed by atoms with E-state index in [1.807, 2.05) is 24.3 Å². The Morgan fingerprint density at radius 2 is 1.14 bits per heavy atom. The minimum atomic E-state index is -0.964. The lowest BCUT2D eigenvalue weighted by molar-refractivity contribution is 0.0348. The molecule has 0 bridgehead atoms. The molecule has 0 spiro atoms. The number of ether oxygens (including phenoxy) is 1. The Kier molecular flexibility index (Phi) is 5.31. The zero-order chi connectivity index (χ0) is 23.7. The van der Waals surface area contributed by atoms with E-state index in [1.165, 1.54) is 5.57 Å². The van der Waals surface area contributed by atoms with Crippen molar-refractivity contribution >= 4 is 5.76 Å². The lowest BCUT2D eigenvalue weighted by Gasteiger charge is -2.36. The first-order valence-electron chi connectivity index (χ1n) is 12.0. The van der Waals surface area contributed by atoms with Gasteiger partial charge in [0.2, 0.25) is 0 Å². The van der Waals surface area contributed by atoms with Crippen molar-refractivity contribution in [2.45, 2.75) is 19.1 Å². The molecule has 3 nitrogen and oxygen atoms in total. The maximum atomic E-state index is 7.23. The van der Waals surface area contributed by atoms with Gasteiger partial charge >= 0.3 is 0 Å². The standard InChI is InChI=1S/C32H26N2O/c1-24-22-29-23-30(25-14-6-2-7-15-25)33-34(29)32(27-18-10-4-11-19-27,28-20-12-5-13-21-28)35-31(24)26-16-8-3-9-17-26/h2-21,23H,22H2,1H3. The van der Waals surface area contributed by atoms with Crippen LogP contribution in [0.15, 0.2) is 133 Å². The SMILES string of the molecule is CC1=C(c2ccccc2)OC(c2ccccc2)(c2ccccc2)n2nc(-c3ccccc3)cc2C1. The summed E-state index contributed by atoms with van der Waals surface area (Å²) in [6.45, 7) is 2.16. The molecule has 2 heterocycles. The molecule has 4 aromatic carbocycles. The summed E-state index contributed by atoms with van der Waals surface area (Å²) in [6, 6.07) is 43.8. The third kappa shape index (κ3) is 3.66. The van der Waals surface area contributed by atoms with Crippen LogP contribution in [0.3, 0.4) is 0 Å². The Morgan fingerprint density at radius 1 is 0.657 bits per heavy atom. The zero-order valence-corrected chi connectivity index (χ0v) is 19.6. The van der Waals surface area contributed by atoms with E-state index < -0.39 is 5.72 Å². The minimum absolute atomic E-state index is 0.742. The Bertz CT molecular complexity index is 1430. The van der Waals surface area contributed by atoms with Crippen LogP contribution >= 0.6 is 0 Å². The molecule has 0 saturated heterocycles. The Morgan fingerprint density at radius 3 is 1.69 bits per heavy atom. The number of allylic oxidation sites excluding steroid dienone is 1. The van der Waals surface area contributed by atoms with Gasteiger partial charge in [-0.3, -0.25) is 0 Å². The van der Waals surface area contributed by atoms with Gasteiger partial charge in [-0.25, -0.2) is 4.68 Å². The van der Waals surface area contributed by atoms with Gasteiger partial charge in [0.1, 0.15) is 5.76 Å². The van der Waals surface area contributed by atoms with Gasteiger partial charge in [0.25, 0.3) is 5.72 Å². The molecule has 0 unspecified atom stereocenters. The number of rotatable bonds is 4. The van der Waals surface area contributed by atoms with Crippen LogP contribution in [0.2, 0.25) is 0 Å². The minimum Gasteiger partial charge on any atom is -0.457 e. The summed E-state index contributed by atoms with van der Waals surface area (Å²) in [6.07, 6.45) is 0.742. The molecule has 170 valence electrons. The molecule has 0 radical (unpaired) electrons. The predicted molar refractivity (Wildman–Crippen MR) is 141 cm³/mol. The van der Waals surface area contributed by atoms with E-state index in [4.69, 9.17) is 9.84 Å². The Balaban J connectivity index is 1.67. The zero-order valence-electron chi connectivity index (χ0n) is 19.6. The van der Waals surface area contributed by atoms with Crippen LogP contribution in [0, 0.1) is 0 Å². The van der Waals surface area contributed by atoms with E-state index in [1.54, 1.807) is 0 Å². The topological polar surface area (TPSA) is 27.1 Å². The van der Waals surface area contributed by atoms with Crippen LogP contribution < -0.4 is 0 Å². The van der Waals surface area contributed by atoms with Gasteiger partial charge < -0.3 is 4.74 Å². The summed E-state index contributed by atoms with van der Waals surface area (Å²) in [5.74, 6) is 0.894. The highest BCUT2D eigenvalue weighted by Gasteiger charge is 2.44. The van der Waals surface area contributed by atoms with Gasteiger partial charge in [0.05, 0.1) is 5.69 Å². The molecule has 1 aliphatic heterocycles. The lowest BCUT2D eigenvalue weighted by Crippen LogP contribution is -2.40. The number of aromatic nitrogens is 2. The highest BCUT2D eigenvalue weighted by molar-refractivity contribution is 5.66. The third-order valence-electron chi connectivity index (χ3n) is 6.60. The molecule has 1 aromatic heterocycles. The molecule has 0 amide bonds. The van der Waals surface area contributed by atoms with Gasteiger partial charge in [-0.1, -0.05) is 121 Å². The summed E-state index contributed by atoms with van der Waals surface area (Å²) < 4.78 is 9.32. The van der Waals surface area contributed by atoms with Crippen molar-refractivity contribution in [3.05, 3.63) is 155 Å². The fourth-order valence-electron chi connectivity index (χ4n) is 4.95. The molecule has 0 saturated carbocycles. The fraction of sp³-hybridized carbons (Fsp3) is 0.0938. The summed E-state index contributed by atoms with van der Waals surface area (Å²) in [7, 11) is 0. The number of hydrogen-bond donors (Lipinski definition) is 0. The molecule has 0 fully saturated rings. The second kappa shape index (κ2) is 8.77. The molecular weight excluding hydrogens is 428 g/mol. The first-order chi connectivity index (χ1) is 17.3. The molecule has 0 N–H and O–H groups in total. The average Bonchev–Trinajstić information content (AvgIpc) is 3.30. The first kappa shape index (κ1) is 21.2. The second-order valence-electron chi connectivity index (χ2n) is 8.93. The number of fused-ring (bicyclic) bond motifs is 1. The van der Waals surface area contributed by atoms with Crippen molar-refractivity contribution in [3.63, 3.8) is 0 Å². The summed E-state index contributed by atoms with van der Waals surface area (Å²) in [4.78, 5) is 0. The first-order valence-corrected chi connectivity index (χ1v) is 12.0. The van der Waals surface area contributed by atoms with E-state index in [2.05, 4.69) is 115 Å². The molecule has 35 heavy (non-hydrogen) atoms. The maximum absolute atomic E-state index is 7.23. The average molecular weight is 455 g/mol. The van der Waals surface area contributed by atoms with Crippen molar-refractivity contribution in [3.8, 4) is 11.3 Å². The summed E-state index contributed by atoms with van der Waals surface area (Å²) in [5.41, 5.74) is 6.47. The Hall–Kier alpha value is -4.37. The molecule has 5 aromatic rings. The van der Waals surface area contributed by atoms with Crippen molar-refractivity contribution in [2.24, 2.45) is 0 Å². The molecule has 0 aliphatic carbocycles. The second-order valence-corrected chi connectivity index (χ2v) is 8.93. The van der Waals surface area contributed by atoms with E-state index in [9.17, 15) is 0 Å². The van der Waals surface area contributed by atoms with E-state index in [-0.39, 0.29) is 0 Å². The van der Waals surface area contributed by atoms with Crippen LogP contribution in [0.1, 0.15) is 29.3 Å². The number of benzene rings is 4. The van der Waals surface area contributed by atoms with E-state index in [0.717, 1.165) is 45.8 Å². The van der Waals surface area contributed by atoms with Gasteiger partial charge in [0.15, 0.2) is 0 Å². The van der Waals surface area contributed by atoms with Gasteiger partial charge in [-0.05, 0) is 18.6 Å². The highest BCUT2D eigenvalue weighted by Crippen LogP contribution is 2.44. The van der Waals surface area contributed by atoms with Crippen LogP contribution in [-0.4, -0.2) is 9.78 Å². The van der Waals surface area contributed by atoms with E-state index >= 15 is 0 Å². The van der Waals surface area contributed by atoms with Crippen LogP contribution in [0.4, 0.5) is 0 Å². The summed E-state index contributed by atoms with van der Waals surface area (Å²) >= 11 is 0. The van der Waals surface area contributed by atoms with Gasteiger partial charge in [0, 0.05) is 34.4 Å². The monoisotopic (exact) mass is 454 g/mol. The quantitative estimate of drug-likeness (QED) is 0.285. The van der Waals surface area contributed by atoms with Crippen molar-refractivity contribution in [1.82, 2.24) is 9.78 Å². The Labute approximate surface area is 206 Å². The van der Waals surface area contributed by atoms with Crippen molar-refractivity contribution < 1.29 is 4.74 Å². The fourth-order valence-corrected chi connectivity index (χ4v) is 4.95. The van der Waals surface area contributed by atoms with Crippen LogP contribution in [0.5, 0.6) is 0 Å². The summed E-state index contributed by atoms with van der Waals surface area (Å²) in [5, 5.41) is 5.21. The molecule has 1 aliphatic rings. The lowest BCUT2D eigenvalue weighted by atomic mass is 9.93. The smallest absolute Gasteiger partial charge is 0.254 e. The molecule has 6 rings (SSSR count). The normalized spacial score (nSPS) is 14.7. The van der Waals surface area contributed by atoms with E-state index in [0.29, 0.717) is 0 Å². The largest absolute Gasteiger partial charge is 0.457 e.